The number of aryl methyl sites for hydroxylation is 1. The number of nitrogens with one attached hydrogen (secondary N) is 2. The van der Waals surface area contributed by atoms with Gasteiger partial charge in [0, 0.05) is 51.7 Å². The van der Waals surface area contributed by atoms with E-state index in [1.807, 2.05) is 30.3 Å². The summed E-state index contributed by atoms with van der Waals surface area (Å²) in [7, 11) is 0. The molecule has 1 aliphatic carbocycles. The van der Waals surface area contributed by atoms with Crippen molar-refractivity contribution in [2.24, 2.45) is 5.41 Å². The van der Waals surface area contributed by atoms with Gasteiger partial charge in [-0.3, -0.25) is 19.7 Å². The van der Waals surface area contributed by atoms with Gasteiger partial charge >= 0.3 is 0 Å². The maximum atomic E-state index is 12.0. The van der Waals surface area contributed by atoms with E-state index in [-0.39, 0.29) is 17.4 Å². The lowest BCUT2D eigenvalue weighted by molar-refractivity contribution is -0.149. The van der Waals surface area contributed by atoms with Crippen LogP contribution in [-0.2, 0) is 4.79 Å². The number of carbonyl (C=O) groups is 1. The van der Waals surface area contributed by atoms with Crippen molar-refractivity contribution in [2.45, 2.75) is 32.7 Å². The molecule has 37 heavy (non-hydrogen) atoms. The molecule has 0 bridgehead atoms. The molecule has 2 N–H and O–H groups in total. The largest absolute Gasteiger partial charge is 0.338 e. The van der Waals surface area contributed by atoms with Gasteiger partial charge in [0.1, 0.15) is 5.69 Å². The summed E-state index contributed by atoms with van der Waals surface area (Å²) in [5.41, 5.74) is 8.03. The van der Waals surface area contributed by atoms with E-state index in [0.29, 0.717) is 5.02 Å². The van der Waals surface area contributed by atoms with E-state index in [0.717, 1.165) is 81.4 Å². The van der Waals surface area contributed by atoms with Gasteiger partial charge in [-0.15, -0.1) is 0 Å². The lowest BCUT2D eigenvalue weighted by Crippen LogP contribution is -2.63. The fourth-order valence-electron chi connectivity index (χ4n) is 6.32. The number of amides is 1. The summed E-state index contributed by atoms with van der Waals surface area (Å²) in [6.07, 6.45) is 7.06. The minimum absolute atomic E-state index is 0.0151. The Kier molecular flexibility index (Phi) is 4.70. The highest BCUT2D eigenvalue weighted by Crippen LogP contribution is 2.55. The molecule has 3 aromatic heterocycles. The molecule has 8 nitrogen and oxygen atoms in total. The third kappa shape index (κ3) is 3.21. The van der Waals surface area contributed by atoms with Crippen LogP contribution in [0.3, 0.4) is 0 Å². The summed E-state index contributed by atoms with van der Waals surface area (Å²) in [5, 5.41) is 22.6. The number of aromatic nitrogens is 6. The molecular formula is C28H26ClN7O. The number of carbonyl (C=O) groups excluding carboxylic acids is 1. The van der Waals surface area contributed by atoms with Crippen LogP contribution in [0, 0.1) is 19.3 Å². The van der Waals surface area contributed by atoms with Crippen LogP contribution in [0.4, 0.5) is 0 Å². The van der Waals surface area contributed by atoms with E-state index in [1.165, 1.54) is 6.08 Å². The van der Waals surface area contributed by atoms with Gasteiger partial charge in [0.05, 0.1) is 34.5 Å². The molecule has 1 saturated carbocycles. The molecule has 5 aromatic rings. The first-order chi connectivity index (χ1) is 17.9. The van der Waals surface area contributed by atoms with Crippen LogP contribution >= 0.6 is 11.6 Å². The monoisotopic (exact) mass is 511 g/mol. The molecule has 1 spiro atoms. The second-order valence-electron chi connectivity index (χ2n) is 10.6. The standard InChI is InChI=1S/C28H26ClN7O/c1-4-23(37)35-13-28(14-35)9-19(10-28)36-16(3)24(25-20-12-31-33-22(20)7-15(2)26(25)29)27(34-36)17-5-6-18-11-30-32-21(18)8-17/h4-8,11-12,19H,1,9-10,13-14H2,2-3H3,(H,30,32)(H,31,33). The lowest BCUT2D eigenvalue weighted by atomic mass is 9.60. The normalized spacial score (nSPS) is 16.9. The Morgan fingerprint density at radius 2 is 1.86 bits per heavy atom. The summed E-state index contributed by atoms with van der Waals surface area (Å²) >= 11 is 7.01. The molecule has 2 aliphatic rings. The number of hydrogen-bond donors (Lipinski definition) is 2. The fourth-order valence-corrected chi connectivity index (χ4v) is 6.58. The van der Waals surface area contributed by atoms with E-state index in [2.05, 4.69) is 56.8 Å². The van der Waals surface area contributed by atoms with Gasteiger partial charge in [-0.05, 0) is 50.5 Å². The molecular weight excluding hydrogens is 486 g/mol. The third-order valence-corrected chi connectivity index (χ3v) is 8.69. The number of aromatic amines is 2. The number of fused-ring (bicyclic) bond motifs is 2. The second kappa shape index (κ2) is 7.79. The Morgan fingerprint density at radius 3 is 2.65 bits per heavy atom. The van der Waals surface area contributed by atoms with Crippen LogP contribution in [0.1, 0.15) is 30.1 Å². The Hall–Kier alpha value is -3.91. The van der Waals surface area contributed by atoms with Gasteiger partial charge in [0.2, 0.25) is 5.91 Å². The average molecular weight is 512 g/mol. The van der Waals surface area contributed by atoms with E-state index in [4.69, 9.17) is 16.7 Å². The molecule has 186 valence electrons. The number of nitrogens with zero attached hydrogens (tertiary/aromatic N) is 5. The summed E-state index contributed by atoms with van der Waals surface area (Å²) in [6, 6.07) is 8.56. The maximum Gasteiger partial charge on any atom is 0.245 e. The minimum Gasteiger partial charge on any atom is -0.338 e. The smallest absolute Gasteiger partial charge is 0.245 e. The van der Waals surface area contributed by atoms with Crippen molar-refractivity contribution in [3.8, 4) is 22.4 Å². The Balaban J connectivity index is 1.36. The van der Waals surface area contributed by atoms with Gasteiger partial charge in [-0.1, -0.05) is 30.3 Å². The zero-order valence-corrected chi connectivity index (χ0v) is 21.4. The van der Waals surface area contributed by atoms with Crippen LogP contribution in [0.5, 0.6) is 0 Å². The first-order valence-corrected chi connectivity index (χ1v) is 12.8. The summed E-state index contributed by atoms with van der Waals surface area (Å²) in [5.74, 6) is 0.0151. The quantitative estimate of drug-likeness (QED) is 0.307. The lowest BCUT2D eigenvalue weighted by Gasteiger charge is -2.58. The second-order valence-corrected chi connectivity index (χ2v) is 11.0. The van der Waals surface area contributed by atoms with E-state index >= 15 is 0 Å². The zero-order chi connectivity index (χ0) is 25.5. The van der Waals surface area contributed by atoms with Crippen molar-refractivity contribution in [2.75, 3.05) is 13.1 Å². The molecule has 0 unspecified atom stereocenters. The molecule has 0 atom stereocenters. The summed E-state index contributed by atoms with van der Waals surface area (Å²) < 4.78 is 2.18. The van der Waals surface area contributed by atoms with Crippen molar-refractivity contribution >= 4 is 39.3 Å². The zero-order valence-electron chi connectivity index (χ0n) is 20.7. The minimum atomic E-state index is 0.0151. The Morgan fingerprint density at radius 1 is 1.11 bits per heavy atom. The molecule has 2 fully saturated rings. The molecule has 1 aliphatic heterocycles. The highest BCUT2D eigenvalue weighted by atomic mass is 35.5. The third-order valence-electron chi connectivity index (χ3n) is 8.20. The van der Waals surface area contributed by atoms with Crippen molar-refractivity contribution in [3.05, 3.63) is 65.6 Å². The number of likely N-dealkylation sites (tertiary alicyclic amines) is 1. The molecule has 2 aromatic carbocycles. The fraction of sp³-hybridized carbons (Fsp3) is 0.286. The molecule has 1 amide bonds. The number of benzene rings is 2. The Bertz CT molecular complexity index is 1730. The van der Waals surface area contributed by atoms with Gasteiger partial charge in [0.25, 0.3) is 0 Å². The van der Waals surface area contributed by atoms with Crippen LogP contribution < -0.4 is 0 Å². The van der Waals surface area contributed by atoms with Crippen molar-refractivity contribution in [3.63, 3.8) is 0 Å². The molecule has 4 heterocycles. The predicted octanol–water partition coefficient (Wildman–Crippen LogP) is 5.59. The molecule has 0 radical (unpaired) electrons. The van der Waals surface area contributed by atoms with Gasteiger partial charge in [-0.25, -0.2) is 0 Å². The SMILES string of the molecule is C=CC(=O)N1CC2(CC(n3nc(-c4ccc5cn[nH]c5c4)c(-c4c(Cl)c(C)cc5[nH]ncc45)c3C)C2)C1. The van der Waals surface area contributed by atoms with E-state index in [1.54, 1.807) is 0 Å². The number of halogens is 1. The first kappa shape index (κ1) is 22.3. The Labute approximate surface area is 218 Å². The summed E-state index contributed by atoms with van der Waals surface area (Å²) in [4.78, 5) is 13.8. The van der Waals surface area contributed by atoms with Crippen molar-refractivity contribution in [1.82, 2.24) is 35.1 Å². The highest BCUT2D eigenvalue weighted by Gasteiger charge is 2.54. The number of hydrogen-bond acceptors (Lipinski definition) is 4. The number of rotatable bonds is 4. The highest BCUT2D eigenvalue weighted by molar-refractivity contribution is 6.36. The topological polar surface area (TPSA) is 95.5 Å². The first-order valence-electron chi connectivity index (χ1n) is 12.4. The van der Waals surface area contributed by atoms with Gasteiger partial charge in [-0.2, -0.15) is 15.3 Å². The predicted molar refractivity (Wildman–Crippen MR) is 144 cm³/mol. The van der Waals surface area contributed by atoms with Crippen molar-refractivity contribution in [1.29, 1.82) is 0 Å². The van der Waals surface area contributed by atoms with Crippen LogP contribution in [0.15, 0.2) is 49.3 Å². The van der Waals surface area contributed by atoms with E-state index < -0.39 is 0 Å². The number of H-pyrrole nitrogens is 2. The molecule has 1 saturated heterocycles. The van der Waals surface area contributed by atoms with Crippen molar-refractivity contribution < 1.29 is 4.79 Å². The molecule has 7 rings (SSSR count). The van der Waals surface area contributed by atoms with Gasteiger partial charge in [0.15, 0.2) is 0 Å². The van der Waals surface area contributed by atoms with Gasteiger partial charge < -0.3 is 4.90 Å². The van der Waals surface area contributed by atoms with Crippen LogP contribution in [-0.4, -0.2) is 54.1 Å². The van der Waals surface area contributed by atoms with Crippen LogP contribution in [0.25, 0.3) is 44.2 Å². The maximum absolute atomic E-state index is 12.0. The average Bonchev–Trinajstić information content (AvgIpc) is 3.57. The van der Waals surface area contributed by atoms with E-state index in [9.17, 15) is 4.79 Å². The van der Waals surface area contributed by atoms with Crippen LogP contribution in [0.2, 0.25) is 5.02 Å². The molecule has 9 heteroatoms. The summed E-state index contributed by atoms with van der Waals surface area (Å²) in [6.45, 7) is 9.36.